The van der Waals surface area contributed by atoms with Crippen LogP contribution in [0.15, 0.2) is 31.3 Å². The van der Waals surface area contributed by atoms with Crippen LogP contribution in [0.2, 0.25) is 0 Å². The Bertz CT molecular complexity index is 939. The molecule has 0 radical (unpaired) electrons. The fraction of sp³-hybridized carbons (Fsp3) is 0.357. The van der Waals surface area contributed by atoms with E-state index in [1.54, 1.807) is 12.4 Å². The Balaban J connectivity index is 1.89. The van der Waals surface area contributed by atoms with Gasteiger partial charge in [-0.05, 0) is 37.4 Å². The summed E-state index contributed by atoms with van der Waals surface area (Å²) in [4.78, 5) is 24.9. The number of rotatable bonds is 3. The van der Waals surface area contributed by atoms with Crippen molar-refractivity contribution in [1.29, 1.82) is 0 Å². The van der Waals surface area contributed by atoms with Crippen LogP contribution in [0.5, 0.6) is 0 Å². The van der Waals surface area contributed by atoms with Crippen LogP contribution in [-0.2, 0) is 29.3 Å². The van der Waals surface area contributed by atoms with Gasteiger partial charge < -0.3 is 0 Å². The predicted octanol–water partition coefficient (Wildman–Crippen LogP) is 1.65. The van der Waals surface area contributed by atoms with Crippen molar-refractivity contribution < 1.29 is 8.42 Å². The van der Waals surface area contributed by atoms with Gasteiger partial charge in [0.2, 0.25) is 15.0 Å². The lowest BCUT2D eigenvalue weighted by Crippen LogP contribution is -2.36. The van der Waals surface area contributed by atoms with Crippen LogP contribution in [0.4, 0.5) is 0 Å². The summed E-state index contributed by atoms with van der Waals surface area (Å²) in [6.45, 7) is 1.74. The molecule has 0 spiro atoms. The minimum absolute atomic E-state index is 0.265. The lowest BCUT2D eigenvalue weighted by Gasteiger charge is -2.28. The third-order valence-electron chi connectivity index (χ3n) is 3.81. The minimum atomic E-state index is -3.53. The third-order valence-corrected chi connectivity index (χ3v) is 6.07. The molecule has 3 rings (SSSR count). The molecule has 2 aromatic heterocycles. The van der Waals surface area contributed by atoms with Gasteiger partial charge in [0.1, 0.15) is 0 Å². The molecule has 1 N–H and O–H groups in total. The molecular weight excluding hydrogens is 464 g/mol. The summed E-state index contributed by atoms with van der Waals surface area (Å²) in [5, 5.41) is -0.265. The molecule has 0 aliphatic carbocycles. The van der Waals surface area contributed by atoms with Crippen LogP contribution in [0, 0.1) is 0 Å². The lowest BCUT2D eigenvalue weighted by molar-refractivity contribution is 0.240. The van der Waals surface area contributed by atoms with E-state index in [4.69, 9.17) is 0 Å². The number of sulfone groups is 1. The number of hydrogen-bond donors (Lipinski definition) is 1. The van der Waals surface area contributed by atoms with E-state index in [0.717, 1.165) is 20.8 Å². The zero-order valence-electron chi connectivity index (χ0n) is 12.7. The maximum Gasteiger partial charge on any atom is 0.256 e. The average Bonchev–Trinajstić information content (AvgIpc) is 2.50. The summed E-state index contributed by atoms with van der Waals surface area (Å²) in [6.07, 6.45) is 5.02. The average molecular weight is 478 g/mol. The zero-order chi connectivity index (χ0) is 17.5. The Labute approximate surface area is 155 Å². The monoisotopic (exact) mass is 476 g/mol. The topological polar surface area (TPSA) is 96.0 Å². The molecule has 1 aliphatic rings. The Kier molecular flexibility index (Phi) is 4.92. The Morgan fingerprint density at radius 1 is 1.29 bits per heavy atom. The summed E-state index contributed by atoms with van der Waals surface area (Å²) in [7, 11) is -3.53. The van der Waals surface area contributed by atoms with Crippen LogP contribution < -0.4 is 5.56 Å². The molecule has 0 aromatic carbocycles. The van der Waals surface area contributed by atoms with Crippen molar-refractivity contribution in [2.45, 2.75) is 24.7 Å². The normalized spacial score (nSPS) is 15.3. The maximum absolute atomic E-state index is 12.2. The smallest absolute Gasteiger partial charge is 0.256 e. The number of pyridine rings is 1. The van der Waals surface area contributed by atoms with Crippen molar-refractivity contribution in [2.75, 3.05) is 12.8 Å². The van der Waals surface area contributed by atoms with E-state index >= 15 is 0 Å². The van der Waals surface area contributed by atoms with Gasteiger partial charge in [0.15, 0.2) is 0 Å². The number of fused-ring (bicyclic) bond motifs is 1. The second kappa shape index (κ2) is 6.66. The van der Waals surface area contributed by atoms with Crippen LogP contribution >= 0.6 is 31.9 Å². The van der Waals surface area contributed by atoms with Crippen molar-refractivity contribution in [2.24, 2.45) is 0 Å². The number of nitrogens with zero attached hydrogens (tertiary/aromatic N) is 3. The molecule has 7 nitrogen and oxygen atoms in total. The summed E-state index contributed by atoms with van der Waals surface area (Å²) in [5.41, 5.74) is 1.74. The summed E-state index contributed by atoms with van der Waals surface area (Å²) < 4.78 is 25.0. The quantitative estimate of drug-likeness (QED) is 0.675. The van der Waals surface area contributed by atoms with E-state index in [1.165, 1.54) is 0 Å². The second-order valence-corrected chi connectivity index (χ2v) is 9.25. The van der Waals surface area contributed by atoms with E-state index in [2.05, 4.69) is 51.7 Å². The SMILES string of the molecule is CS(=O)(=O)c1nc2c(c(=O)[nH]1)CN(Cc1c(Br)cncc1Br)CC2. The molecule has 3 heterocycles. The van der Waals surface area contributed by atoms with Crippen molar-refractivity contribution in [3.05, 3.63) is 48.5 Å². The van der Waals surface area contributed by atoms with E-state index < -0.39 is 15.4 Å². The summed E-state index contributed by atoms with van der Waals surface area (Å²) >= 11 is 6.97. The largest absolute Gasteiger partial charge is 0.297 e. The fourth-order valence-corrected chi connectivity index (χ4v) is 4.32. The number of aromatic nitrogens is 3. The Hall–Kier alpha value is -1.10. The van der Waals surface area contributed by atoms with Gasteiger partial charge in [-0.15, -0.1) is 0 Å². The highest BCUT2D eigenvalue weighted by molar-refractivity contribution is 9.11. The van der Waals surface area contributed by atoms with E-state index in [0.29, 0.717) is 37.3 Å². The highest BCUT2D eigenvalue weighted by atomic mass is 79.9. The third kappa shape index (κ3) is 3.61. The van der Waals surface area contributed by atoms with E-state index in [1.807, 2.05) is 0 Å². The molecular formula is C14H14Br2N4O3S. The predicted molar refractivity (Wildman–Crippen MR) is 95.4 cm³/mol. The first-order chi connectivity index (χ1) is 11.3. The molecule has 2 aromatic rings. The molecule has 0 saturated carbocycles. The first-order valence-electron chi connectivity index (χ1n) is 7.08. The van der Waals surface area contributed by atoms with Crippen LogP contribution in [0.3, 0.4) is 0 Å². The lowest BCUT2D eigenvalue weighted by atomic mass is 10.1. The van der Waals surface area contributed by atoms with Gasteiger partial charge in [-0.1, -0.05) is 0 Å². The molecule has 0 unspecified atom stereocenters. The van der Waals surface area contributed by atoms with Gasteiger partial charge >= 0.3 is 0 Å². The molecule has 0 fully saturated rings. The molecule has 1 aliphatic heterocycles. The van der Waals surface area contributed by atoms with E-state index in [9.17, 15) is 13.2 Å². The number of nitrogens with one attached hydrogen (secondary N) is 1. The number of aromatic amines is 1. The van der Waals surface area contributed by atoms with Gasteiger partial charge in [-0.25, -0.2) is 13.4 Å². The zero-order valence-corrected chi connectivity index (χ0v) is 16.7. The molecule has 0 amide bonds. The van der Waals surface area contributed by atoms with Crippen LogP contribution in [-0.4, -0.2) is 41.1 Å². The Morgan fingerprint density at radius 2 is 1.96 bits per heavy atom. The van der Waals surface area contributed by atoms with Gasteiger partial charge in [-0.3, -0.25) is 19.7 Å². The molecule has 10 heteroatoms. The minimum Gasteiger partial charge on any atom is -0.297 e. The first kappa shape index (κ1) is 17.7. The second-order valence-electron chi connectivity index (χ2n) is 5.61. The van der Waals surface area contributed by atoms with Gasteiger partial charge in [0.25, 0.3) is 5.56 Å². The molecule has 0 atom stereocenters. The van der Waals surface area contributed by atoms with Crippen molar-refractivity contribution in [1.82, 2.24) is 19.9 Å². The fourth-order valence-electron chi connectivity index (χ4n) is 2.58. The number of hydrogen-bond acceptors (Lipinski definition) is 6. The first-order valence-corrected chi connectivity index (χ1v) is 10.6. The van der Waals surface area contributed by atoms with Crippen LogP contribution in [0.1, 0.15) is 16.8 Å². The van der Waals surface area contributed by atoms with Crippen molar-refractivity contribution in [3.63, 3.8) is 0 Å². The van der Waals surface area contributed by atoms with Crippen LogP contribution in [0.25, 0.3) is 0 Å². The number of H-pyrrole nitrogens is 1. The molecule has 0 bridgehead atoms. The number of halogens is 2. The van der Waals surface area contributed by atoms with Gasteiger partial charge in [0, 0.05) is 53.6 Å². The highest BCUT2D eigenvalue weighted by Crippen LogP contribution is 2.27. The molecule has 24 heavy (non-hydrogen) atoms. The standard InChI is InChI=1S/C14H14Br2N4O3S/c1-24(22,23)14-18-12-2-3-20(7-9(12)13(21)19-14)6-8-10(15)4-17-5-11(8)16/h4-5H,2-3,6-7H2,1H3,(H,18,19,21). The van der Waals surface area contributed by atoms with Crippen molar-refractivity contribution in [3.8, 4) is 0 Å². The van der Waals surface area contributed by atoms with Gasteiger partial charge in [-0.2, -0.15) is 0 Å². The maximum atomic E-state index is 12.2. The Morgan fingerprint density at radius 3 is 2.58 bits per heavy atom. The summed E-state index contributed by atoms with van der Waals surface area (Å²) in [5.74, 6) is 0. The van der Waals surface area contributed by atoms with Gasteiger partial charge in [0.05, 0.1) is 11.3 Å². The van der Waals surface area contributed by atoms with E-state index in [-0.39, 0.29) is 5.16 Å². The van der Waals surface area contributed by atoms with Crippen molar-refractivity contribution >= 4 is 41.7 Å². The molecule has 128 valence electrons. The highest BCUT2D eigenvalue weighted by Gasteiger charge is 2.24. The molecule has 0 saturated heterocycles. The summed E-state index contributed by atoms with van der Waals surface area (Å²) in [6, 6.07) is 0.